The van der Waals surface area contributed by atoms with E-state index in [1.54, 1.807) is 7.05 Å². The van der Waals surface area contributed by atoms with Crippen LogP contribution in [-0.4, -0.2) is 50.0 Å². The summed E-state index contributed by atoms with van der Waals surface area (Å²) in [5.74, 6) is 1.13. The van der Waals surface area contributed by atoms with Crippen molar-refractivity contribution in [2.24, 2.45) is 18.0 Å². The van der Waals surface area contributed by atoms with Crippen molar-refractivity contribution < 1.29 is 8.42 Å². The highest BCUT2D eigenvalue weighted by molar-refractivity contribution is 7.89. The third-order valence-electron chi connectivity index (χ3n) is 4.80. The van der Waals surface area contributed by atoms with E-state index in [9.17, 15) is 8.42 Å². The first kappa shape index (κ1) is 19.7. The lowest BCUT2D eigenvalue weighted by Crippen LogP contribution is -2.41. The van der Waals surface area contributed by atoms with E-state index < -0.39 is 10.0 Å². The lowest BCUT2D eigenvalue weighted by atomic mass is 9.86. The van der Waals surface area contributed by atoms with Gasteiger partial charge in [0.15, 0.2) is 5.96 Å². The zero-order valence-electron chi connectivity index (χ0n) is 15.6. The Hall–Kier alpha value is -1.61. The maximum atomic E-state index is 12.0. The molecule has 25 heavy (non-hydrogen) atoms. The summed E-state index contributed by atoms with van der Waals surface area (Å²) in [7, 11) is 0.343. The van der Waals surface area contributed by atoms with Crippen LogP contribution < -0.4 is 15.4 Å². The molecule has 1 heterocycles. The van der Waals surface area contributed by atoms with Gasteiger partial charge < -0.3 is 10.6 Å². The summed E-state index contributed by atoms with van der Waals surface area (Å²) >= 11 is 0. The Morgan fingerprint density at radius 2 is 2.04 bits per heavy atom. The van der Waals surface area contributed by atoms with E-state index in [0.717, 1.165) is 29.8 Å². The van der Waals surface area contributed by atoms with Crippen molar-refractivity contribution in [3.8, 4) is 0 Å². The van der Waals surface area contributed by atoms with Crippen molar-refractivity contribution in [1.29, 1.82) is 0 Å². The van der Waals surface area contributed by atoms with Crippen LogP contribution in [0.3, 0.4) is 0 Å². The van der Waals surface area contributed by atoms with Gasteiger partial charge in [-0.1, -0.05) is 6.42 Å². The Bertz CT molecular complexity index is 706. The molecule has 0 radical (unpaired) electrons. The van der Waals surface area contributed by atoms with Crippen molar-refractivity contribution >= 4 is 16.0 Å². The Morgan fingerprint density at radius 1 is 1.32 bits per heavy atom. The predicted molar refractivity (Wildman–Crippen MR) is 100 cm³/mol. The molecule has 1 fully saturated rings. The summed E-state index contributed by atoms with van der Waals surface area (Å²) in [5, 5.41) is 10.6. The molecule has 1 aromatic rings. The Labute approximate surface area is 150 Å². The summed E-state index contributed by atoms with van der Waals surface area (Å²) in [6.45, 7) is 5.46. The van der Waals surface area contributed by atoms with Crippen molar-refractivity contribution in [3.63, 3.8) is 0 Å². The van der Waals surface area contributed by atoms with Crippen LogP contribution in [0.1, 0.15) is 36.2 Å². The minimum absolute atomic E-state index is 0.0331. The van der Waals surface area contributed by atoms with Gasteiger partial charge in [0.2, 0.25) is 10.0 Å². The van der Waals surface area contributed by atoms with E-state index in [2.05, 4.69) is 25.4 Å². The number of sulfonamides is 1. The molecule has 142 valence electrons. The van der Waals surface area contributed by atoms with Crippen LogP contribution in [0, 0.1) is 19.8 Å². The number of rotatable bonds is 8. The topological polar surface area (TPSA) is 100 Å². The van der Waals surface area contributed by atoms with Gasteiger partial charge >= 0.3 is 0 Å². The molecule has 0 aliphatic heterocycles. The monoisotopic (exact) mass is 370 g/mol. The van der Waals surface area contributed by atoms with Gasteiger partial charge in [-0.15, -0.1) is 0 Å². The molecule has 9 heteroatoms. The standard InChI is InChI=1S/C16H30N6O2S/c1-12-15(13(2)22(4)21-12)11-19-16(17-3)18-8-9-25(23,24)20-10-14-6-5-7-14/h14,20H,5-11H2,1-4H3,(H2,17,18,19). The number of hydrogen-bond donors (Lipinski definition) is 3. The van der Waals surface area contributed by atoms with Crippen molar-refractivity contribution in [2.45, 2.75) is 39.7 Å². The molecule has 0 bridgehead atoms. The van der Waals surface area contributed by atoms with Crippen molar-refractivity contribution in [3.05, 3.63) is 17.0 Å². The fourth-order valence-corrected chi connectivity index (χ4v) is 3.79. The number of nitrogens with zero attached hydrogens (tertiary/aromatic N) is 3. The summed E-state index contributed by atoms with van der Waals surface area (Å²) in [6.07, 6.45) is 3.47. The molecule has 0 saturated heterocycles. The summed E-state index contributed by atoms with van der Waals surface area (Å²) in [5.41, 5.74) is 3.20. The van der Waals surface area contributed by atoms with Crippen LogP contribution in [0.2, 0.25) is 0 Å². The lowest BCUT2D eigenvalue weighted by molar-refractivity contribution is 0.316. The number of guanidine groups is 1. The predicted octanol–water partition coefficient (Wildman–Crippen LogP) is 0.421. The Kier molecular flexibility index (Phi) is 6.83. The van der Waals surface area contributed by atoms with E-state index in [-0.39, 0.29) is 5.75 Å². The van der Waals surface area contributed by atoms with E-state index in [1.165, 1.54) is 6.42 Å². The fraction of sp³-hybridized carbons (Fsp3) is 0.750. The van der Waals surface area contributed by atoms with Gasteiger partial charge in [0.1, 0.15) is 0 Å². The first-order valence-electron chi connectivity index (χ1n) is 8.73. The molecule has 0 aromatic carbocycles. The third kappa shape index (κ3) is 5.71. The second kappa shape index (κ2) is 8.66. The molecule has 2 rings (SSSR count). The highest BCUT2D eigenvalue weighted by atomic mass is 32.2. The second-order valence-electron chi connectivity index (χ2n) is 6.59. The van der Waals surface area contributed by atoms with Crippen molar-refractivity contribution in [1.82, 2.24) is 25.1 Å². The minimum Gasteiger partial charge on any atom is -0.355 e. The quantitative estimate of drug-likeness (QED) is 0.455. The first-order valence-corrected chi connectivity index (χ1v) is 10.4. The fourth-order valence-electron chi connectivity index (χ4n) is 2.78. The van der Waals surface area contributed by atoms with Gasteiger partial charge in [-0.25, -0.2) is 13.1 Å². The molecule has 1 aliphatic carbocycles. The van der Waals surface area contributed by atoms with E-state index in [4.69, 9.17) is 0 Å². The van der Waals surface area contributed by atoms with E-state index >= 15 is 0 Å². The van der Waals surface area contributed by atoms with Crippen LogP contribution in [0.15, 0.2) is 4.99 Å². The summed E-state index contributed by atoms with van der Waals surface area (Å²) in [6, 6.07) is 0. The summed E-state index contributed by atoms with van der Waals surface area (Å²) < 4.78 is 28.5. The average Bonchev–Trinajstić information content (AvgIpc) is 2.74. The number of nitrogens with one attached hydrogen (secondary N) is 3. The molecule has 0 atom stereocenters. The number of aromatic nitrogens is 2. The maximum Gasteiger partial charge on any atom is 0.213 e. The maximum absolute atomic E-state index is 12.0. The molecule has 3 N–H and O–H groups in total. The highest BCUT2D eigenvalue weighted by Gasteiger charge is 2.20. The van der Waals surface area contributed by atoms with Gasteiger partial charge in [0, 0.05) is 45.0 Å². The van der Waals surface area contributed by atoms with Crippen molar-refractivity contribution in [2.75, 3.05) is 25.9 Å². The highest BCUT2D eigenvalue weighted by Crippen LogP contribution is 2.25. The largest absolute Gasteiger partial charge is 0.355 e. The van der Waals surface area contributed by atoms with Gasteiger partial charge in [-0.2, -0.15) is 5.10 Å². The number of hydrogen-bond acceptors (Lipinski definition) is 4. The molecular formula is C16H30N6O2S. The SMILES string of the molecule is CN=C(NCCS(=O)(=O)NCC1CCC1)NCc1c(C)nn(C)c1C. The van der Waals surface area contributed by atoms with Crippen LogP contribution in [0.5, 0.6) is 0 Å². The molecule has 1 aliphatic rings. The minimum atomic E-state index is -3.24. The van der Waals surface area contributed by atoms with Gasteiger partial charge in [-0.05, 0) is 32.6 Å². The molecule has 1 saturated carbocycles. The Balaban J connectivity index is 1.74. The molecule has 8 nitrogen and oxygen atoms in total. The van der Waals surface area contributed by atoms with Crippen LogP contribution >= 0.6 is 0 Å². The lowest BCUT2D eigenvalue weighted by Gasteiger charge is -2.25. The zero-order chi connectivity index (χ0) is 18.4. The first-order chi connectivity index (χ1) is 11.8. The molecule has 0 unspecified atom stereocenters. The second-order valence-corrected chi connectivity index (χ2v) is 8.52. The normalized spacial score (nSPS) is 15.9. The third-order valence-corrected chi connectivity index (χ3v) is 6.14. The average molecular weight is 371 g/mol. The zero-order valence-corrected chi connectivity index (χ0v) is 16.4. The van der Waals surface area contributed by atoms with Gasteiger partial charge in [0.25, 0.3) is 0 Å². The molecule has 1 aromatic heterocycles. The summed E-state index contributed by atoms with van der Waals surface area (Å²) in [4.78, 5) is 4.14. The number of aliphatic imine (C=N–C) groups is 1. The van der Waals surface area contributed by atoms with Crippen LogP contribution in [-0.2, 0) is 23.6 Å². The van der Waals surface area contributed by atoms with Crippen LogP contribution in [0.25, 0.3) is 0 Å². The van der Waals surface area contributed by atoms with Gasteiger partial charge in [-0.3, -0.25) is 9.67 Å². The smallest absolute Gasteiger partial charge is 0.213 e. The molecule has 0 spiro atoms. The Morgan fingerprint density at radius 3 is 2.56 bits per heavy atom. The number of aryl methyl sites for hydroxylation is 2. The molecule has 0 amide bonds. The van der Waals surface area contributed by atoms with E-state index in [1.807, 2.05) is 25.6 Å². The molecular weight excluding hydrogens is 340 g/mol. The van der Waals surface area contributed by atoms with Crippen LogP contribution in [0.4, 0.5) is 0 Å². The van der Waals surface area contributed by atoms with E-state index in [0.29, 0.717) is 31.5 Å². The van der Waals surface area contributed by atoms with Gasteiger partial charge in [0.05, 0.1) is 11.4 Å².